The lowest BCUT2D eigenvalue weighted by molar-refractivity contribution is -0.131. The lowest BCUT2D eigenvalue weighted by Crippen LogP contribution is -2.39. The standard InChI is InChI=1S/C21H26N4O2S/c1-14-24-18(13-28-14)10-20(26)25-8-6-16(7-9-25)19-5-4-17(12-22-19)21(27)23-11-15-2-3-15/h4-5,12-13,15-16H,2-3,6-11H2,1H3,(H,23,27). The van der Waals surface area contributed by atoms with Crippen molar-refractivity contribution in [2.45, 2.75) is 44.9 Å². The summed E-state index contributed by atoms with van der Waals surface area (Å²) < 4.78 is 0. The Labute approximate surface area is 169 Å². The highest BCUT2D eigenvalue weighted by atomic mass is 32.1. The van der Waals surface area contributed by atoms with Gasteiger partial charge in [-0.15, -0.1) is 11.3 Å². The van der Waals surface area contributed by atoms with Gasteiger partial charge in [0.25, 0.3) is 5.91 Å². The van der Waals surface area contributed by atoms with Crippen molar-refractivity contribution < 1.29 is 9.59 Å². The molecule has 4 rings (SSSR count). The second-order valence-electron chi connectivity index (χ2n) is 7.81. The van der Waals surface area contributed by atoms with E-state index in [-0.39, 0.29) is 11.8 Å². The summed E-state index contributed by atoms with van der Waals surface area (Å²) in [5, 5.41) is 5.93. The molecule has 7 heteroatoms. The van der Waals surface area contributed by atoms with Crippen molar-refractivity contribution in [3.63, 3.8) is 0 Å². The van der Waals surface area contributed by atoms with Crippen molar-refractivity contribution in [2.24, 2.45) is 5.92 Å². The molecule has 0 unspecified atom stereocenters. The normalized spacial score (nSPS) is 17.5. The lowest BCUT2D eigenvalue weighted by atomic mass is 9.92. The maximum absolute atomic E-state index is 12.5. The lowest BCUT2D eigenvalue weighted by Gasteiger charge is -2.31. The van der Waals surface area contributed by atoms with E-state index in [4.69, 9.17) is 0 Å². The molecule has 2 aromatic rings. The van der Waals surface area contributed by atoms with Crippen LogP contribution in [0.2, 0.25) is 0 Å². The van der Waals surface area contributed by atoms with Gasteiger partial charge in [-0.3, -0.25) is 14.6 Å². The van der Waals surface area contributed by atoms with Gasteiger partial charge in [0.15, 0.2) is 0 Å². The van der Waals surface area contributed by atoms with Gasteiger partial charge in [0.1, 0.15) is 0 Å². The molecule has 0 atom stereocenters. The number of rotatable bonds is 6. The quantitative estimate of drug-likeness (QED) is 0.812. The predicted octanol–water partition coefficient (Wildman–Crippen LogP) is 2.94. The predicted molar refractivity (Wildman–Crippen MR) is 108 cm³/mol. The van der Waals surface area contributed by atoms with E-state index in [9.17, 15) is 9.59 Å². The Hall–Kier alpha value is -2.28. The first-order valence-corrected chi connectivity index (χ1v) is 10.9. The molecule has 1 aliphatic carbocycles. The van der Waals surface area contributed by atoms with Gasteiger partial charge >= 0.3 is 0 Å². The molecule has 0 aromatic carbocycles. The number of thiazole rings is 1. The van der Waals surface area contributed by atoms with Crippen LogP contribution >= 0.6 is 11.3 Å². The van der Waals surface area contributed by atoms with Crippen LogP contribution in [-0.4, -0.2) is 46.3 Å². The van der Waals surface area contributed by atoms with Crippen LogP contribution in [0.25, 0.3) is 0 Å². The fourth-order valence-electron chi connectivity index (χ4n) is 3.62. The smallest absolute Gasteiger partial charge is 0.252 e. The summed E-state index contributed by atoms with van der Waals surface area (Å²) >= 11 is 1.58. The Morgan fingerprint density at radius 1 is 1.21 bits per heavy atom. The highest BCUT2D eigenvalue weighted by Crippen LogP contribution is 2.28. The number of likely N-dealkylation sites (tertiary alicyclic amines) is 1. The molecular weight excluding hydrogens is 372 g/mol. The molecule has 2 amide bonds. The van der Waals surface area contributed by atoms with Gasteiger partial charge < -0.3 is 10.2 Å². The summed E-state index contributed by atoms with van der Waals surface area (Å²) in [7, 11) is 0. The maximum Gasteiger partial charge on any atom is 0.252 e. The largest absolute Gasteiger partial charge is 0.352 e. The molecule has 1 saturated carbocycles. The van der Waals surface area contributed by atoms with Crippen molar-refractivity contribution in [3.05, 3.63) is 45.7 Å². The van der Waals surface area contributed by atoms with E-state index >= 15 is 0 Å². The van der Waals surface area contributed by atoms with E-state index in [0.717, 1.165) is 48.9 Å². The first-order valence-electron chi connectivity index (χ1n) is 10.0. The van der Waals surface area contributed by atoms with Crippen LogP contribution in [0.5, 0.6) is 0 Å². The minimum Gasteiger partial charge on any atom is -0.352 e. The highest BCUT2D eigenvalue weighted by Gasteiger charge is 2.25. The number of nitrogens with one attached hydrogen (secondary N) is 1. The van der Waals surface area contributed by atoms with Gasteiger partial charge in [-0.05, 0) is 50.7 Å². The first kappa shape index (κ1) is 19.1. The summed E-state index contributed by atoms with van der Waals surface area (Å²) in [5.74, 6) is 1.13. The highest BCUT2D eigenvalue weighted by molar-refractivity contribution is 7.09. The molecule has 2 aromatic heterocycles. The first-order chi connectivity index (χ1) is 13.6. The Bertz CT molecular complexity index is 836. The number of carbonyl (C=O) groups is 2. The van der Waals surface area contributed by atoms with Crippen molar-refractivity contribution in [1.29, 1.82) is 0 Å². The molecule has 28 heavy (non-hydrogen) atoms. The van der Waals surface area contributed by atoms with Crippen molar-refractivity contribution in [2.75, 3.05) is 19.6 Å². The average molecular weight is 399 g/mol. The molecular formula is C21H26N4O2S. The zero-order chi connectivity index (χ0) is 19.5. The van der Waals surface area contributed by atoms with E-state index in [1.807, 2.05) is 29.3 Å². The van der Waals surface area contributed by atoms with E-state index in [0.29, 0.717) is 23.8 Å². The fourth-order valence-corrected chi connectivity index (χ4v) is 4.24. The summed E-state index contributed by atoms with van der Waals surface area (Å²) in [6.07, 6.45) is 6.33. The van der Waals surface area contributed by atoms with Crippen LogP contribution in [0.3, 0.4) is 0 Å². The molecule has 0 radical (unpaired) electrons. The zero-order valence-corrected chi connectivity index (χ0v) is 17.0. The number of amides is 2. The van der Waals surface area contributed by atoms with Gasteiger partial charge in [-0.2, -0.15) is 0 Å². The second-order valence-corrected chi connectivity index (χ2v) is 8.88. The van der Waals surface area contributed by atoms with E-state index < -0.39 is 0 Å². The van der Waals surface area contributed by atoms with Gasteiger partial charge in [0.2, 0.25) is 5.91 Å². The Kier molecular flexibility index (Phi) is 5.71. The number of hydrogen-bond donors (Lipinski definition) is 1. The number of piperidine rings is 1. The van der Waals surface area contributed by atoms with Crippen LogP contribution in [0.15, 0.2) is 23.7 Å². The second kappa shape index (κ2) is 8.39. The Morgan fingerprint density at radius 3 is 2.61 bits per heavy atom. The monoisotopic (exact) mass is 398 g/mol. The van der Waals surface area contributed by atoms with Crippen molar-refractivity contribution >= 4 is 23.2 Å². The van der Waals surface area contributed by atoms with Crippen molar-refractivity contribution in [3.8, 4) is 0 Å². The van der Waals surface area contributed by atoms with Crippen LogP contribution in [-0.2, 0) is 11.2 Å². The number of hydrogen-bond acceptors (Lipinski definition) is 5. The van der Waals surface area contributed by atoms with Gasteiger partial charge in [-0.1, -0.05) is 0 Å². The van der Waals surface area contributed by atoms with Crippen LogP contribution in [0, 0.1) is 12.8 Å². The fraction of sp³-hybridized carbons (Fsp3) is 0.524. The number of nitrogens with zero attached hydrogens (tertiary/aromatic N) is 3. The Balaban J connectivity index is 1.27. The van der Waals surface area contributed by atoms with Gasteiger partial charge in [0.05, 0.1) is 22.7 Å². The summed E-state index contributed by atoms with van der Waals surface area (Å²) in [6, 6.07) is 3.83. The molecule has 6 nitrogen and oxygen atoms in total. The van der Waals surface area contributed by atoms with E-state index in [1.165, 1.54) is 12.8 Å². The van der Waals surface area contributed by atoms with Gasteiger partial charge in [0, 0.05) is 42.8 Å². The minimum absolute atomic E-state index is 0.0383. The third kappa shape index (κ3) is 4.76. The summed E-state index contributed by atoms with van der Waals surface area (Å²) in [4.78, 5) is 35.5. The molecule has 1 N–H and O–H groups in total. The van der Waals surface area contributed by atoms with E-state index in [2.05, 4.69) is 15.3 Å². The average Bonchev–Trinajstić information content (AvgIpc) is 3.47. The number of pyridine rings is 1. The number of aromatic nitrogens is 2. The van der Waals surface area contributed by atoms with Crippen LogP contribution in [0.1, 0.15) is 58.4 Å². The maximum atomic E-state index is 12.5. The molecule has 1 aliphatic heterocycles. The molecule has 2 aliphatic rings. The Morgan fingerprint density at radius 2 is 2.00 bits per heavy atom. The molecule has 3 heterocycles. The third-order valence-electron chi connectivity index (χ3n) is 5.56. The van der Waals surface area contributed by atoms with Crippen LogP contribution < -0.4 is 5.32 Å². The topological polar surface area (TPSA) is 75.2 Å². The zero-order valence-electron chi connectivity index (χ0n) is 16.2. The number of carbonyl (C=O) groups excluding carboxylic acids is 2. The molecule has 0 bridgehead atoms. The SMILES string of the molecule is Cc1nc(CC(=O)N2CCC(c3ccc(C(=O)NCC4CC4)cn3)CC2)cs1. The number of aryl methyl sites for hydroxylation is 1. The molecule has 0 spiro atoms. The molecule has 148 valence electrons. The molecule has 1 saturated heterocycles. The summed E-state index contributed by atoms with van der Waals surface area (Å²) in [6.45, 7) is 4.22. The van der Waals surface area contributed by atoms with Crippen LogP contribution in [0.4, 0.5) is 0 Å². The van der Waals surface area contributed by atoms with E-state index in [1.54, 1.807) is 17.5 Å². The third-order valence-corrected chi connectivity index (χ3v) is 6.38. The summed E-state index contributed by atoms with van der Waals surface area (Å²) in [5.41, 5.74) is 2.50. The van der Waals surface area contributed by atoms with Crippen molar-refractivity contribution in [1.82, 2.24) is 20.2 Å². The minimum atomic E-state index is -0.0383. The van der Waals surface area contributed by atoms with Gasteiger partial charge in [-0.25, -0.2) is 4.98 Å². The molecule has 2 fully saturated rings.